The molecule has 9 nitrogen and oxygen atoms in total. The number of imide groups is 1. The maximum absolute atomic E-state index is 11.7. The fraction of sp³-hybridized carbons (Fsp3) is 0.167. The molecule has 110 valence electrons. The van der Waals surface area contributed by atoms with E-state index in [1.807, 2.05) is 0 Å². The second-order valence-corrected chi connectivity index (χ2v) is 4.18. The highest BCUT2D eigenvalue weighted by Gasteiger charge is 2.32. The zero-order valence-electron chi connectivity index (χ0n) is 10.6. The Morgan fingerprint density at radius 1 is 1.10 bits per heavy atom. The Labute approximate surface area is 117 Å². The van der Waals surface area contributed by atoms with Crippen LogP contribution in [-0.2, 0) is 19.5 Å². The Morgan fingerprint density at radius 3 is 2.24 bits per heavy atom. The summed E-state index contributed by atoms with van der Waals surface area (Å²) in [7, 11) is 0. The predicted molar refractivity (Wildman–Crippen MR) is 65.4 cm³/mol. The second-order valence-electron chi connectivity index (χ2n) is 4.18. The van der Waals surface area contributed by atoms with Crippen LogP contribution in [0.3, 0.4) is 0 Å². The van der Waals surface area contributed by atoms with Gasteiger partial charge in [-0.3, -0.25) is 14.5 Å². The zero-order valence-corrected chi connectivity index (χ0v) is 10.6. The van der Waals surface area contributed by atoms with Crippen LogP contribution in [0.2, 0.25) is 0 Å². The Bertz CT molecular complexity index is 624. The van der Waals surface area contributed by atoms with E-state index in [1.165, 1.54) is 6.07 Å². The third-order valence-corrected chi connectivity index (χ3v) is 2.63. The van der Waals surface area contributed by atoms with Crippen LogP contribution in [0.25, 0.3) is 0 Å². The Hall–Kier alpha value is -2.94. The molecular weight excluding hydrogens is 284 g/mol. The van der Waals surface area contributed by atoms with Gasteiger partial charge in [0.15, 0.2) is 0 Å². The van der Waals surface area contributed by atoms with Gasteiger partial charge in [0.1, 0.15) is 0 Å². The minimum Gasteiger partial charge on any atom is -0.478 e. The number of rotatable bonds is 4. The van der Waals surface area contributed by atoms with Gasteiger partial charge in [0.05, 0.1) is 11.1 Å². The standard InChI is InChI=1S/C12H10N2O7/c13-8-4-6(11(17)18)3-7(5-8)12(19)20-21-14-9(15)1-2-10(14)16/h3-5H,1-2,13H2,(H,17,18). The molecule has 0 spiro atoms. The first-order chi connectivity index (χ1) is 9.88. The highest BCUT2D eigenvalue weighted by Crippen LogP contribution is 2.16. The Balaban J connectivity index is 2.08. The summed E-state index contributed by atoms with van der Waals surface area (Å²) in [4.78, 5) is 53.7. The van der Waals surface area contributed by atoms with Crippen LogP contribution in [0, 0.1) is 0 Å². The van der Waals surface area contributed by atoms with Crippen molar-refractivity contribution in [3.63, 3.8) is 0 Å². The molecule has 0 aliphatic carbocycles. The van der Waals surface area contributed by atoms with Crippen molar-refractivity contribution < 1.29 is 34.2 Å². The fourth-order valence-corrected chi connectivity index (χ4v) is 1.65. The molecule has 2 amide bonds. The van der Waals surface area contributed by atoms with Gasteiger partial charge in [-0.1, -0.05) is 0 Å². The minimum atomic E-state index is -1.28. The highest BCUT2D eigenvalue weighted by molar-refractivity contribution is 6.00. The first-order valence-electron chi connectivity index (χ1n) is 5.77. The quantitative estimate of drug-likeness (QED) is 0.346. The van der Waals surface area contributed by atoms with Gasteiger partial charge >= 0.3 is 11.9 Å². The van der Waals surface area contributed by atoms with Crippen molar-refractivity contribution in [1.29, 1.82) is 0 Å². The number of anilines is 1. The lowest BCUT2D eigenvalue weighted by molar-refractivity contribution is -0.353. The second kappa shape index (κ2) is 5.59. The van der Waals surface area contributed by atoms with Crippen molar-refractivity contribution >= 4 is 29.4 Å². The normalized spacial score (nSPS) is 14.4. The molecule has 9 heteroatoms. The number of aromatic carboxylic acids is 1. The van der Waals surface area contributed by atoms with Crippen molar-refractivity contribution in [2.45, 2.75) is 12.8 Å². The number of hydroxylamine groups is 2. The molecule has 0 unspecified atom stereocenters. The van der Waals surface area contributed by atoms with Gasteiger partial charge in [-0.25, -0.2) is 9.59 Å². The molecule has 0 atom stereocenters. The number of carbonyl (C=O) groups is 4. The number of nitrogens with zero attached hydrogens (tertiary/aromatic N) is 1. The molecule has 1 heterocycles. The molecule has 1 aliphatic heterocycles. The number of benzene rings is 1. The van der Waals surface area contributed by atoms with Crippen molar-refractivity contribution in [1.82, 2.24) is 5.06 Å². The first-order valence-corrected chi connectivity index (χ1v) is 5.77. The molecule has 1 aromatic rings. The average Bonchev–Trinajstić information content (AvgIpc) is 2.74. The van der Waals surface area contributed by atoms with Crippen LogP contribution in [-0.4, -0.2) is 33.9 Å². The molecule has 1 aromatic carbocycles. The van der Waals surface area contributed by atoms with Crippen LogP contribution >= 0.6 is 0 Å². The molecule has 2 rings (SSSR count). The largest absolute Gasteiger partial charge is 0.478 e. The molecule has 0 bridgehead atoms. The Kier molecular flexibility index (Phi) is 3.85. The van der Waals surface area contributed by atoms with Crippen LogP contribution < -0.4 is 5.73 Å². The lowest BCUT2D eigenvalue weighted by atomic mass is 10.1. The van der Waals surface area contributed by atoms with Gasteiger partial charge in [0.25, 0.3) is 11.8 Å². The summed E-state index contributed by atoms with van der Waals surface area (Å²) in [5.41, 5.74) is 5.10. The predicted octanol–water partition coefficient (Wildman–Crippen LogP) is 0.119. The highest BCUT2D eigenvalue weighted by atomic mass is 17.3. The number of carbonyl (C=O) groups excluding carboxylic acids is 3. The summed E-state index contributed by atoms with van der Waals surface area (Å²) in [6.07, 6.45) is -0.0599. The van der Waals surface area contributed by atoms with Crippen LogP contribution in [0.4, 0.5) is 5.69 Å². The number of hydrogen-bond acceptors (Lipinski definition) is 7. The number of amides is 2. The number of carboxylic acid groups (broad SMARTS) is 1. The smallest absolute Gasteiger partial charge is 0.375 e. The van der Waals surface area contributed by atoms with E-state index in [4.69, 9.17) is 10.8 Å². The van der Waals surface area contributed by atoms with E-state index in [1.54, 1.807) is 0 Å². The van der Waals surface area contributed by atoms with E-state index in [2.05, 4.69) is 9.88 Å². The van der Waals surface area contributed by atoms with E-state index < -0.39 is 23.8 Å². The van der Waals surface area contributed by atoms with E-state index in [-0.39, 0.29) is 29.7 Å². The Morgan fingerprint density at radius 2 is 1.67 bits per heavy atom. The number of nitrogens with two attached hydrogens (primary N) is 1. The third kappa shape index (κ3) is 3.15. The summed E-state index contributed by atoms with van der Waals surface area (Å²) in [6, 6.07) is 3.36. The lowest BCUT2D eigenvalue weighted by Gasteiger charge is -2.10. The molecule has 0 radical (unpaired) electrons. The zero-order chi connectivity index (χ0) is 15.6. The average molecular weight is 294 g/mol. The van der Waals surface area contributed by atoms with E-state index in [9.17, 15) is 19.2 Å². The summed E-state index contributed by atoms with van der Waals surface area (Å²) in [6.45, 7) is 0. The molecule has 0 aromatic heterocycles. The van der Waals surface area contributed by atoms with Gasteiger partial charge in [-0.05, 0) is 23.2 Å². The summed E-state index contributed by atoms with van der Waals surface area (Å²) < 4.78 is 0. The van der Waals surface area contributed by atoms with Gasteiger partial charge in [-0.2, -0.15) is 0 Å². The monoisotopic (exact) mass is 294 g/mol. The molecule has 21 heavy (non-hydrogen) atoms. The first kappa shape index (κ1) is 14.5. The lowest BCUT2D eigenvalue weighted by Crippen LogP contribution is -2.30. The van der Waals surface area contributed by atoms with Gasteiger partial charge < -0.3 is 10.8 Å². The van der Waals surface area contributed by atoms with Crippen molar-refractivity contribution in [2.24, 2.45) is 0 Å². The van der Waals surface area contributed by atoms with E-state index in [0.717, 1.165) is 12.1 Å². The molecular formula is C12H10N2O7. The van der Waals surface area contributed by atoms with Crippen molar-refractivity contribution in [3.8, 4) is 0 Å². The maximum Gasteiger partial charge on any atom is 0.375 e. The number of hydrogen-bond donors (Lipinski definition) is 2. The number of nitrogen functional groups attached to an aromatic ring is 1. The molecule has 1 saturated heterocycles. The van der Waals surface area contributed by atoms with Crippen molar-refractivity contribution in [3.05, 3.63) is 29.3 Å². The topological polar surface area (TPSA) is 136 Å². The van der Waals surface area contributed by atoms with E-state index >= 15 is 0 Å². The van der Waals surface area contributed by atoms with Crippen LogP contribution in [0.5, 0.6) is 0 Å². The van der Waals surface area contributed by atoms with Crippen LogP contribution in [0.1, 0.15) is 33.6 Å². The summed E-state index contributed by atoms with van der Waals surface area (Å²) in [5, 5.41) is 9.19. The molecule has 3 N–H and O–H groups in total. The number of carboxylic acids is 1. The SMILES string of the molecule is Nc1cc(C(=O)O)cc(C(=O)OON2C(=O)CCC2=O)c1. The van der Waals surface area contributed by atoms with Crippen molar-refractivity contribution in [2.75, 3.05) is 5.73 Å². The van der Waals surface area contributed by atoms with E-state index in [0.29, 0.717) is 5.06 Å². The third-order valence-electron chi connectivity index (χ3n) is 2.63. The fourth-order valence-electron chi connectivity index (χ4n) is 1.65. The molecule has 1 aliphatic rings. The molecule has 1 fully saturated rings. The van der Waals surface area contributed by atoms with Gasteiger partial charge in [0, 0.05) is 18.5 Å². The molecule has 0 saturated carbocycles. The summed E-state index contributed by atoms with van der Waals surface area (Å²) in [5.74, 6) is -3.63. The van der Waals surface area contributed by atoms with Crippen LogP contribution in [0.15, 0.2) is 18.2 Å². The summed E-state index contributed by atoms with van der Waals surface area (Å²) >= 11 is 0. The van der Waals surface area contributed by atoms with Gasteiger partial charge in [0.2, 0.25) is 0 Å². The van der Waals surface area contributed by atoms with Gasteiger partial charge in [-0.15, -0.1) is 5.06 Å². The minimum absolute atomic E-state index is 0.0299. The maximum atomic E-state index is 11.7.